The van der Waals surface area contributed by atoms with Crippen molar-refractivity contribution in [2.45, 2.75) is 0 Å². The average Bonchev–Trinajstić information content (AvgIpc) is 2.70. The molecule has 72 valence electrons. The Labute approximate surface area is 80.9 Å². The fraction of sp³-hybridized carbons (Fsp3) is 0.111. The van der Waals surface area contributed by atoms with E-state index in [0.29, 0.717) is 11.5 Å². The normalized spacial score (nSPS) is 10.1. The summed E-state index contributed by atoms with van der Waals surface area (Å²) in [6, 6.07) is 5.37. The van der Waals surface area contributed by atoms with Gasteiger partial charge in [0.25, 0.3) is 0 Å². The first-order valence-electron chi connectivity index (χ1n) is 4.10. The SMILES string of the molecule is COc1ccc(N)cc1-c1ncn[nH]1. The van der Waals surface area contributed by atoms with Crippen molar-refractivity contribution in [3.8, 4) is 17.1 Å². The van der Waals surface area contributed by atoms with Gasteiger partial charge in [-0.15, -0.1) is 0 Å². The number of benzene rings is 1. The van der Waals surface area contributed by atoms with E-state index in [1.54, 1.807) is 25.3 Å². The summed E-state index contributed by atoms with van der Waals surface area (Å²) in [6.07, 6.45) is 1.44. The van der Waals surface area contributed by atoms with Crippen LogP contribution in [0.4, 0.5) is 5.69 Å². The molecule has 0 fully saturated rings. The van der Waals surface area contributed by atoms with Gasteiger partial charge >= 0.3 is 0 Å². The quantitative estimate of drug-likeness (QED) is 0.694. The topological polar surface area (TPSA) is 76.8 Å². The number of nitrogen functional groups attached to an aromatic ring is 1. The maximum atomic E-state index is 5.67. The maximum Gasteiger partial charge on any atom is 0.159 e. The lowest BCUT2D eigenvalue weighted by molar-refractivity contribution is 0.416. The zero-order valence-electron chi connectivity index (χ0n) is 7.69. The van der Waals surface area contributed by atoms with E-state index in [4.69, 9.17) is 10.5 Å². The molecule has 0 aliphatic heterocycles. The van der Waals surface area contributed by atoms with Crippen LogP contribution in [0.3, 0.4) is 0 Å². The number of aromatic nitrogens is 3. The molecule has 1 aromatic carbocycles. The Kier molecular flexibility index (Phi) is 2.06. The molecule has 0 bridgehead atoms. The van der Waals surface area contributed by atoms with Gasteiger partial charge < -0.3 is 10.5 Å². The van der Waals surface area contributed by atoms with Crippen molar-refractivity contribution in [1.82, 2.24) is 15.2 Å². The van der Waals surface area contributed by atoms with Gasteiger partial charge in [0.2, 0.25) is 0 Å². The molecular weight excluding hydrogens is 180 g/mol. The summed E-state index contributed by atoms with van der Waals surface area (Å²) in [5.74, 6) is 1.37. The molecule has 0 saturated carbocycles. The van der Waals surface area contributed by atoms with E-state index < -0.39 is 0 Å². The molecule has 0 saturated heterocycles. The Morgan fingerprint density at radius 1 is 1.43 bits per heavy atom. The van der Waals surface area contributed by atoms with E-state index in [2.05, 4.69) is 15.2 Å². The number of H-pyrrole nitrogens is 1. The van der Waals surface area contributed by atoms with Crippen LogP contribution in [0.5, 0.6) is 5.75 Å². The first-order valence-corrected chi connectivity index (χ1v) is 4.10. The maximum absolute atomic E-state index is 5.67. The third kappa shape index (κ3) is 1.39. The fourth-order valence-electron chi connectivity index (χ4n) is 1.25. The minimum Gasteiger partial charge on any atom is -0.496 e. The second-order valence-corrected chi connectivity index (χ2v) is 2.79. The fourth-order valence-corrected chi connectivity index (χ4v) is 1.25. The third-order valence-corrected chi connectivity index (χ3v) is 1.89. The number of methoxy groups -OCH3 is 1. The molecule has 0 radical (unpaired) electrons. The monoisotopic (exact) mass is 190 g/mol. The lowest BCUT2D eigenvalue weighted by atomic mass is 10.1. The summed E-state index contributed by atoms with van der Waals surface area (Å²) >= 11 is 0. The number of hydrogen-bond donors (Lipinski definition) is 2. The predicted molar refractivity (Wildman–Crippen MR) is 52.8 cm³/mol. The third-order valence-electron chi connectivity index (χ3n) is 1.89. The molecule has 0 spiro atoms. The van der Waals surface area contributed by atoms with Crippen molar-refractivity contribution in [2.75, 3.05) is 12.8 Å². The molecule has 5 heteroatoms. The van der Waals surface area contributed by atoms with E-state index in [9.17, 15) is 0 Å². The van der Waals surface area contributed by atoms with Gasteiger partial charge in [0.1, 0.15) is 12.1 Å². The van der Waals surface area contributed by atoms with Crippen LogP contribution in [0.1, 0.15) is 0 Å². The number of hydrogen-bond acceptors (Lipinski definition) is 4. The standard InChI is InChI=1S/C9H10N4O/c1-14-8-3-2-6(10)4-7(8)9-11-5-12-13-9/h2-5H,10H2,1H3,(H,11,12,13). The Morgan fingerprint density at radius 3 is 2.93 bits per heavy atom. The van der Waals surface area contributed by atoms with Gasteiger partial charge in [-0.05, 0) is 18.2 Å². The molecule has 0 atom stereocenters. The summed E-state index contributed by atoms with van der Waals surface area (Å²) in [7, 11) is 1.60. The van der Waals surface area contributed by atoms with Crippen molar-refractivity contribution >= 4 is 5.69 Å². The Balaban J connectivity index is 2.55. The highest BCUT2D eigenvalue weighted by Gasteiger charge is 2.08. The van der Waals surface area contributed by atoms with Gasteiger partial charge in [-0.2, -0.15) is 5.10 Å². The summed E-state index contributed by atoms with van der Waals surface area (Å²) in [4.78, 5) is 4.03. The highest BCUT2D eigenvalue weighted by molar-refractivity contribution is 5.68. The molecule has 14 heavy (non-hydrogen) atoms. The number of rotatable bonds is 2. The minimum atomic E-state index is 0.647. The molecule has 2 aromatic rings. The van der Waals surface area contributed by atoms with E-state index in [0.717, 1.165) is 11.3 Å². The highest BCUT2D eigenvalue weighted by Crippen LogP contribution is 2.28. The van der Waals surface area contributed by atoms with Crippen molar-refractivity contribution in [2.24, 2.45) is 0 Å². The van der Waals surface area contributed by atoms with E-state index in [1.165, 1.54) is 6.33 Å². The lowest BCUT2D eigenvalue weighted by Crippen LogP contribution is -1.92. The number of anilines is 1. The summed E-state index contributed by atoms with van der Waals surface area (Å²) < 4.78 is 5.18. The van der Waals surface area contributed by atoms with Crippen LogP contribution < -0.4 is 10.5 Å². The highest BCUT2D eigenvalue weighted by atomic mass is 16.5. The van der Waals surface area contributed by atoms with Gasteiger partial charge in [0.15, 0.2) is 5.82 Å². The first kappa shape index (κ1) is 8.55. The minimum absolute atomic E-state index is 0.647. The van der Waals surface area contributed by atoms with Crippen LogP contribution in [0.2, 0.25) is 0 Å². The lowest BCUT2D eigenvalue weighted by Gasteiger charge is -2.06. The summed E-state index contributed by atoms with van der Waals surface area (Å²) in [5.41, 5.74) is 7.14. The Bertz CT molecular complexity index is 424. The smallest absolute Gasteiger partial charge is 0.159 e. The molecule has 1 heterocycles. The van der Waals surface area contributed by atoms with E-state index in [1.807, 2.05) is 0 Å². The molecule has 1 aromatic heterocycles. The van der Waals surface area contributed by atoms with Gasteiger partial charge in [-0.25, -0.2) is 4.98 Å². The van der Waals surface area contributed by atoms with Gasteiger partial charge in [0.05, 0.1) is 12.7 Å². The van der Waals surface area contributed by atoms with Crippen LogP contribution in [0, 0.1) is 0 Å². The van der Waals surface area contributed by atoms with Crippen LogP contribution >= 0.6 is 0 Å². The molecular formula is C9H10N4O. The van der Waals surface area contributed by atoms with E-state index >= 15 is 0 Å². The first-order chi connectivity index (χ1) is 6.81. The van der Waals surface area contributed by atoms with Crippen LogP contribution in [-0.2, 0) is 0 Å². The zero-order valence-corrected chi connectivity index (χ0v) is 7.69. The largest absolute Gasteiger partial charge is 0.496 e. The van der Waals surface area contributed by atoms with Gasteiger partial charge in [-0.3, -0.25) is 5.10 Å². The number of nitrogens with zero attached hydrogens (tertiary/aromatic N) is 2. The van der Waals surface area contributed by atoms with E-state index in [-0.39, 0.29) is 0 Å². The van der Waals surface area contributed by atoms with Crippen molar-refractivity contribution < 1.29 is 4.74 Å². The van der Waals surface area contributed by atoms with Crippen LogP contribution in [0.25, 0.3) is 11.4 Å². The van der Waals surface area contributed by atoms with Crippen molar-refractivity contribution in [3.63, 3.8) is 0 Å². The van der Waals surface area contributed by atoms with Crippen molar-refractivity contribution in [3.05, 3.63) is 24.5 Å². The number of nitrogens with one attached hydrogen (secondary N) is 1. The molecule has 2 rings (SSSR count). The molecule has 3 N–H and O–H groups in total. The zero-order chi connectivity index (χ0) is 9.97. The van der Waals surface area contributed by atoms with Crippen molar-refractivity contribution in [1.29, 1.82) is 0 Å². The Morgan fingerprint density at radius 2 is 2.29 bits per heavy atom. The number of ether oxygens (including phenoxy) is 1. The summed E-state index contributed by atoms with van der Waals surface area (Å²) in [5, 5.41) is 6.53. The molecule has 0 amide bonds. The second kappa shape index (κ2) is 3.37. The molecule has 0 aliphatic carbocycles. The van der Waals surface area contributed by atoms with Crippen LogP contribution in [-0.4, -0.2) is 22.3 Å². The molecule has 5 nitrogen and oxygen atoms in total. The Hall–Kier alpha value is -2.04. The average molecular weight is 190 g/mol. The number of aromatic amines is 1. The van der Waals surface area contributed by atoms with Crippen LogP contribution in [0.15, 0.2) is 24.5 Å². The van der Waals surface area contributed by atoms with Gasteiger partial charge in [0, 0.05) is 5.69 Å². The summed E-state index contributed by atoms with van der Waals surface area (Å²) in [6.45, 7) is 0. The van der Waals surface area contributed by atoms with Gasteiger partial charge in [-0.1, -0.05) is 0 Å². The molecule has 0 aliphatic rings. The second-order valence-electron chi connectivity index (χ2n) is 2.79. The predicted octanol–water partition coefficient (Wildman–Crippen LogP) is 1.06. The number of nitrogens with two attached hydrogens (primary N) is 1. The molecule has 0 unspecified atom stereocenters.